The Labute approximate surface area is 149 Å². The molecule has 0 unspecified atom stereocenters. The summed E-state index contributed by atoms with van der Waals surface area (Å²) < 4.78 is 40.0. The molecule has 2 aromatic carbocycles. The molecule has 1 aliphatic carbocycles. The van der Waals surface area contributed by atoms with Crippen LogP contribution in [0.15, 0.2) is 35.2 Å². The van der Waals surface area contributed by atoms with Crippen molar-refractivity contribution >= 4 is 23.4 Å². The Balaban J connectivity index is 1.80. The van der Waals surface area contributed by atoms with Crippen molar-refractivity contribution in [3.63, 3.8) is 0 Å². The van der Waals surface area contributed by atoms with Gasteiger partial charge in [-0.2, -0.15) is 0 Å². The van der Waals surface area contributed by atoms with Gasteiger partial charge in [-0.15, -0.1) is 11.8 Å². The van der Waals surface area contributed by atoms with E-state index in [2.05, 4.69) is 0 Å². The van der Waals surface area contributed by atoms with Crippen molar-refractivity contribution in [2.45, 2.75) is 37.0 Å². The van der Waals surface area contributed by atoms with E-state index in [0.29, 0.717) is 22.1 Å². The summed E-state index contributed by atoms with van der Waals surface area (Å²) in [7, 11) is 0. The Bertz CT molecular complexity index is 704. The molecule has 0 bridgehead atoms. The quantitative estimate of drug-likeness (QED) is 0.408. The van der Waals surface area contributed by atoms with E-state index < -0.39 is 17.5 Å². The maximum absolute atomic E-state index is 13.5. The lowest BCUT2D eigenvalue weighted by Gasteiger charge is -2.21. The highest BCUT2D eigenvalue weighted by molar-refractivity contribution is 7.99. The van der Waals surface area contributed by atoms with Crippen molar-refractivity contribution in [3.8, 4) is 11.1 Å². The summed E-state index contributed by atoms with van der Waals surface area (Å²) in [5.74, 6) is -2.12. The van der Waals surface area contributed by atoms with Gasteiger partial charge in [-0.25, -0.2) is 13.2 Å². The average molecular weight is 371 g/mol. The predicted molar refractivity (Wildman–Crippen MR) is 94.1 cm³/mol. The first-order chi connectivity index (χ1) is 11.5. The van der Waals surface area contributed by atoms with E-state index in [1.165, 1.54) is 32.1 Å². The second-order valence-corrected chi connectivity index (χ2v) is 7.68. The highest BCUT2D eigenvalue weighted by Gasteiger charge is 2.16. The molecule has 2 aromatic rings. The molecule has 0 amide bonds. The molecule has 1 aliphatic rings. The zero-order valence-corrected chi connectivity index (χ0v) is 14.7. The molecule has 1 fully saturated rings. The molecule has 0 aliphatic heterocycles. The van der Waals surface area contributed by atoms with Gasteiger partial charge in [-0.05, 0) is 54.2 Å². The zero-order valence-electron chi connectivity index (χ0n) is 13.1. The molecule has 0 saturated heterocycles. The fourth-order valence-electron chi connectivity index (χ4n) is 3.08. The van der Waals surface area contributed by atoms with Gasteiger partial charge < -0.3 is 0 Å². The van der Waals surface area contributed by atoms with Gasteiger partial charge in [0.1, 0.15) is 0 Å². The molecular formula is C19H18ClF3S. The topological polar surface area (TPSA) is 0 Å². The van der Waals surface area contributed by atoms with Crippen LogP contribution in [0.2, 0.25) is 5.02 Å². The van der Waals surface area contributed by atoms with Crippen LogP contribution in [-0.2, 0) is 0 Å². The predicted octanol–water partition coefficient (Wildman–Crippen LogP) is 7.10. The summed E-state index contributed by atoms with van der Waals surface area (Å²) in [5.41, 5.74) is 0.936. The van der Waals surface area contributed by atoms with Crippen LogP contribution >= 0.6 is 23.4 Å². The first-order valence-electron chi connectivity index (χ1n) is 8.12. The molecule has 1 saturated carbocycles. The third-order valence-corrected chi connectivity index (χ3v) is 6.18. The summed E-state index contributed by atoms with van der Waals surface area (Å²) in [6.07, 6.45) is 6.39. The molecule has 0 N–H and O–H groups in total. The number of hydrogen-bond acceptors (Lipinski definition) is 1. The van der Waals surface area contributed by atoms with Crippen LogP contribution in [0.3, 0.4) is 0 Å². The zero-order chi connectivity index (χ0) is 17.1. The maximum atomic E-state index is 13.5. The van der Waals surface area contributed by atoms with Gasteiger partial charge in [0.2, 0.25) is 0 Å². The number of halogens is 4. The van der Waals surface area contributed by atoms with E-state index in [4.69, 9.17) is 11.6 Å². The van der Waals surface area contributed by atoms with Crippen molar-refractivity contribution in [3.05, 3.63) is 52.8 Å². The molecule has 0 aromatic heterocycles. The van der Waals surface area contributed by atoms with Crippen LogP contribution in [0.1, 0.15) is 32.1 Å². The highest BCUT2D eigenvalue weighted by Crippen LogP contribution is 2.36. The molecular weight excluding hydrogens is 353 g/mol. The lowest BCUT2D eigenvalue weighted by atomic mass is 9.91. The summed E-state index contributed by atoms with van der Waals surface area (Å²) in [4.78, 5) is 0.893. The van der Waals surface area contributed by atoms with Gasteiger partial charge in [-0.3, -0.25) is 0 Å². The van der Waals surface area contributed by atoms with Gasteiger partial charge >= 0.3 is 0 Å². The van der Waals surface area contributed by atoms with Crippen molar-refractivity contribution in [2.75, 3.05) is 5.75 Å². The van der Waals surface area contributed by atoms with Crippen LogP contribution in [-0.4, -0.2) is 5.75 Å². The fourth-order valence-corrected chi connectivity index (χ4v) is 4.52. The fraction of sp³-hybridized carbons (Fsp3) is 0.368. The largest absolute Gasteiger partial charge is 0.204 e. The maximum Gasteiger partial charge on any atom is 0.194 e. The molecule has 0 nitrogen and oxygen atoms in total. The van der Waals surface area contributed by atoms with Gasteiger partial charge in [0, 0.05) is 10.6 Å². The number of rotatable bonds is 4. The van der Waals surface area contributed by atoms with Crippen LogP contribution in [0, 0.1) is 23.4 Å². The Morgan fingerprint density at radius 1 is 0.917 bits per heavy atom. The summed E-state index contributed by atoms with van der Waals surface area (Å²) >= 11 is 7.94. The van der Waals surface area contributed by atoms with E-state index in [-0.39, 0.29) is 0 Å². The second-order valence-electron chi connectivity index (χ2n) is 6.21. The lowest BCUT2D eigenvalue weighted by molar-refractivity contribution is 0.391. The third kappa shape index (κ3) is 4.09. The van der Waals surface area contributed by atoms with Gasteiger partial charge in [0.05, 0.1) is 5.02 Å². The van der Waals surface area contributed by atoms with Crippen LogP contribution in [0.4, 0.5) is 13.2 Å². The first kappa shape index (κ1) is 17.7. The first-order valence-corrected chi connectivity index (χ1v) is 9.48. The minimum absolute atomic E-state index is 0.308. The molecule has 5 heteroatoms. The monoisotopic (exact) mass is 370 g/mol. The summed E-state index contributed by atoms with van der Waals surface area (Å²) in [6, 6.07) is 7.26. The van der Waals surface area contributed by atoms with Gasteiger partial charge in [0.25, 0.3) is 0 Å². The Hall–Kier alpha value is -1.13. The Morgan fingerprint density at radius 3 is 2.25 bits per heavy atom. The minimum atomic E-state index is -1.44. The van der Waals surface area contributed by atoms with Crippen molar-refractivity contribution < 1.29 is 13.2 Å². The average Bonchev–Trinajstić information content (AvgIpc) is 2.59. The van der Waals surface area contributed by atoms with Crippen LogP contribution < -0.4 is 0 Å². The van der Waals surface area contributed by atoms with Gasteiger partial charge in [0.15, 0.2) is 17.5 Å². The van der Waals surface area contributed by atoms with Crippen LogP contribution in [0.5, 0.6) is 0 Å². The molecule has 0 atom stereocenters. The van der Waals surface area contributed by atoms with Crippen molar-refractivity contribution in [1.29, 1.82) is 0 Å². The molecule has 24 heavy (non-hydrogen) atoms. The molecule has 0 heterocycles. The van der Waals surface area contributed by atoms with Crippen molar-refractivity contribution in [2.24, 2.45) is 5.92 Å². The van der Waals surface area contributed by atoms with Gasteiger partial charge in [-0.1, -0.05) is 36.9 Å². The second kappa shape index (κ2) is 7.83. The summed E-state index contributed by atoms with van der Waals surface area (Å²) in [5, 5.41) is 0.627. The van der Waals surface area contributed by atoms with E-state index in [1.807, 2.05) is 6.07 Å². The summed E-state index contributed by atoms with van der Waals surface area (Å²) in [6.45, 7) is 0. The highest BCUT2D eigenvalue weighted by atomic mass is 35.5. The van der Waals surface area contributed by atoms with E-state index >= 15 is 0 Å². The van der Waals surface area contributed by atoms with Crippen LogP contribution in [0.25, 0.3) is 11.1 Å². The Morgan fingerprint density at radius 2 is 1.58 bits per heavy atom. The molecule has 0 radical (unpaired) electrons. The number of hydrogen-bond donors (Lipinski definition) is 0. The standard InChI is InChI=1S/C19H18ClF3S/c20-15-7-6-13(14-8-16(21)19(23)17(22)9-14)10-18(15)24-11-12-4-2-1-3-5-12/h6-10,12H,1-5,11H2. The molecule has 128 valence electrons. The molecule has 0 spiro atoms. The lowest BCUT2D eigenvalue weighted by Crippen LogP contribution is -2.08. The Kier molecular flexibility index (Phi) is 5.77. The van der Waals surface area contributed by atoms with E-state index in [9.17, 15) is 13.2 Å². The third-order valence-electron chi connectivity index (χ3n) is 4.45. The smallest absolute Gasteiger partial charge is 0.194 e. The normalized spacial score (nSPS) is 15.7. The number of thioether (sulfide) groups is 1. The van der Waals surface area contributed by atoms with E-state index in [0.717, 1.165) is 22.8 Å². The molecule has 3 rings (SSSR count). The van der Waals surface area contributed by atoms with Crippen molar-refractivity contribution in [1.82, 2.24) is 0 Å². The SMILES string of the molecule is Fc1cc(-c2ccc(Cl)c(SCC3CCCCC3)c2)cc(F)c1F. The minimum Gasteiger partial charge on any atom is -0.204 e. The van der Waals surface area contributed by atoms with E-state index in [1.54, 1.807) is 23.9 Å². The number of benzene rings is 2.